The molecule has 2 aromatic heterocycles. The number of nitrogens with zero attached hydrogens (tertiary/aromatic N) is 5. The highest BCUT2D eigenvalue weighted by molar-refractivity contribution is 8.00. The van der Waals surface area contributed by atoms with Gasteiger partial charge in [0.15, 0.2) is 9.84 Å². The number of anilines is 1. The number of likely N-dealkylation sites (tertiary alicyclic amines) is 2. The number of piperidine rings is 2. The summed E-state index contributed by atoms with van der Waals surface area (Å²) >= 11 is 0.982. The van der Waals surface area contributed by atoms with Crippen LogP contribution in [0.25, 0.3) is 22.0 Å². The molecule has 10 rings (SSSR count). The standard InChI is InChI=1S/C57H69N11O13S2/c1-64-26-39-37-22-34(30-83(2,80)81)36(51(72)60-14-4-17-65-18-11-31(12-19-65)21-33-5-3-6-35-38(33)28-68(54(35)75)42-9-10-46(70)62-52(42)73)23-43(37)66(25-32-7-8-32)27-40-48(39)50(56(64)77)63-49(40)53(74)61-16-15-59-45(69)13-20-67-47(71)24-44(55(67)76)82-29-41(58)57(78)79/h3,5-6,22-23,26,31-32,41-42,44,63H,4,7-21,24-25,27-30,58H2,1-2H3,(H,59,69)(H,60,72)(H,61,74)(H,78,79)(H,62,70,73)/t41-,42?,44?/m0/s1. The predicted octanol–water partition coefficient (Wildman–Crippen LogP) is 1.15. The van der Waals surface area contributed by atoms with Gasteiger partial charge in [-0.15, -0.1) is 11.8 Å². The zero-order valence-electron chi connectivity index (χ0n) is 46.4. The molecule has 442 valence electrons. The summed E-state index contributed by atoms with van der Waals surface area (Å²) in [6, 6.07) is 7.35. The number of fused-ring (bicyclic) bond motifs is 3. The van der Waals surface area contributed by atoms with Gasteiger partial charge in [0.1, 0.15) is 23.3 Å². The number of pyridine rings is 1. The van der Waals surface area contributed by atoms with Gasteiger partial charge in [-0.25, -0.2) is 8.42 Å². The van der Waals surface area contributed by atoms with Gasteiger partial charge in [-0.05, 0) is 111 Å². The van der Waals surface area contributed by atoms with E-state index < -0.39 is 79.9 Å². The van der Waals surface area contributed by atoms with E-state index >= 15 is 0 Å². The van der Waals surface area contributed by atoms with Crippen LogP contribution in [0.2, 0.25) is 0 Å². The third-order valence-electron chi connectivity index (χ3n) is 16.6. The lowest BCUT2D eigenvalue weighted by atomic mass is 9.87. The molecule has 5 aliphatic heterocycles. The lowest BCUT2D eigenvalue weighted by molar-refractivity contribution is -0.140. The first-order valence-corrected chi connectivity index (χ1v) is 31.3. The molecule has 0 radical (unpaired) electrons. The minimum atomic E-state index is -3.67. The Morgan fingerprint density at radius 2 is 1.60 bits per heavy atom. The molecule has 0 bridgehead atoms. The number of hydrogen-bond acceptors (Lipinski definition) is 16. The number of rotatable bonds is 23. The van der Waals surface area contributed by atoms with Gasteiger partial charge in [-0.2, -0.15) is 0 Å². The highest BCUT2D eigenvalue weighted by atomic mass is 32.2. The number of carboxylic acids is 1. The SMILES string of the molecule is Cn1cc2c3c(c(C(=O)NCCNC(=O)CCN4C(=O)CC(SC[C@H](N)C(=O)O)C4=O)[nH]c3c1=O)CN(CC1CC1)c1cc(C(=O)NCCCN3CCC(Cc4cccc5c4CN(C4CCC(=O)NC4=O)C5=O)CC3)c(CS(C)(=O)=O)cc1-2. The molecular formula is C57H69N11O13S2. The number of amides is 8. The van der Waals surface area contributed by atoms with E-state index in [1.165, 1.54) is 4.57 Å². The highest BCUT2D eigenvalue weighted by Gasteiger charge is 2.42. The summed E-state index contributed by atoms with van der Waals surface area (Å²) < 4.78 is 27.6. The Balaban J connectivity index is 0.769. The molecule has 0 spiro atoms. The number of aromatic nitrogens is 2. The number of thioether (sulfide) groups is 1. The number of nitrogens with two attached hydrogens (primary N) is 1. The van der Waals surface area contributed by atoms with Gasteiger partial charge < -0.3 is 51.0 Å². The van der Waals surface area contributed by atoms with Crippen LogP contribution in [0.3, 0.4) is 0 Å². The maximum absolute atomic E-state index is 14.4. The first-order valence-electron chi connectivity index (χ1n) is 28.2. The molecule has 6 aliphatic rings. The number of aromatic amines is 1. The first kappa shape index (κ1) is 58.8. The number of carbonyl (C=O) groups excluding carboxylic acids is 8. The van der Waals surface area contributed by atoms with Gasteiger partial charge in [0.2, 0.25) is 29.5 Å². The molecule has 2 aromatic carbocycles. The van der Waals surface area contributed by atoms with E-state index in [9.17, 15) is 56.4 Å². The van der Waals surface area contributed by atoms with Gasteiger partial charge >= 0.3 is 5.97 Å². The molecule has 3 atom stereocenters. The average Bonchev–Trinajstić information content (AvgIpc) is 2.19. The summed E-state index contributed by atoms with van der Waals surface area (Å²) in [5.74, 6) is -4.40. The molecule has 4 aromatic rings. The topological polar surface area (TPSA) is 333 Å². The normalized spacial score (nSPS) is 19.7. The van der Waals surface area contributed by atoms with E-state index in [0.717, 1.165) is 85.8 Å². The smallest absolute Gasteiger partial charge is 0.321 e. The van der Waals surface area contributed by atoms with Crippen LogP contribution >= 0.6 is 11.8 Å². The average molecular weight is 1180 g/mol. The van der Waals surface area contributed by atoms with E-state index in [1.807, 2.05) is 12.1 Å². The molecule has 8 amide bonds. The number of benzene rings is 2. The van der Waals surface area contributed by atoms with Crippen molar-refractivity contribution < 1.29 is 56.7 Å². The summed E-state index contributed by atoms with van der Waals surface area (Å²) in [6.07, 6.45) is 8.21. The van der Waals surface area contributed by atoms with E-state index in [-0.39, 0.29) is 85.3 Å². The second-order valence-corrected chi connectivity index (χ2v) is 26.1. The number of imide groups is 2. The minimum Gasteiger partial charge on any atom is -0.480 e. The van der Waals surface area contributed by atoms with Crippen LogP contribution in [0.1, 0.15) is 111 Å². The van der Waals surface area contributed by atoms with E-state index in [1.54, 1.807) is 30.3 Å². The van der Waals surface area contributed by atoms with Crippen molar-refractivity contribution in [1.82, 2.24) is 45.5 Å². The van der Waals surface area contributed by atoms with Crippen molar-refractivity contribution in [3.63, 3.8) is 0 Å². The fraction of sp³-hybridized carbons (Fsp3) is 0.509. The zero-order valence-corrected chi connectivity index (χ0v) is 48.0. The number of aliphatic carboxylic acids is 1. The monoisotopic (exact) mass is 1180 g/mol. The molecular weight excluding hydrogens is 1110 g/mol. The minimum absolute atomic E-state index is 0.00704. The number of carbonyl (C=O) groups is 9. The summed E-state index contributed by atoms with van der Waals surface area (Å²) in [7, 11) is -2.09. The Bertz CT molecular complexity index is 3510. The van der Waals surface area contributed by atoms with Crippen molar-refractivity contribution >= 4 is 91.4 Å². The third-order valence-corrected chi connectivity index (χ3v) is 18.8. The number of sulfone groups is 1. The van der Waals surface area contributed by atoms with Crippen molar-refractivity contribution in [2.75, 3.05) is 69.3 Å². The van der Waals surface area contributed by atoms with Crippen molar-refractivity contribution in [3.05, 3.63) is 86.0 Å². The van der Waals surface area contributed by atoms with Crippen LogP contribution in [0.5, 0.6) is 0 Å². The quantitative estimate of drug-likeness (QED) is 0.0405. The van der Waals surface area contributed by atoms with E-state index in [0.29, 0.717) is 77.6 Å². The summed E-state index contributed by atoms with van der Waals surface area (Å²) in [6.45, 7) is 3.62. The number of aryl methyl sites for hydroxylation is 1. The number of carboxylic acid groups (broad SMARTS) is 1. The second-order valence-electron chi connectivity index (χ2n) is 22.8. The van der Waals surface area contributed by atoms with Crippen LogP contribution in [0.15, 0.2) is 41.3 Å². The molecule has 7 heterocycles. The Morgan fingerprint density at radius 1 is 0.855 bits per heavy atom. The Morgan fingerprint density at radius 3 is 2.33 bits per heavy atom. The van der Waals surface area contributed by atoms with Crippen LogP contribution in [0, 0.1) is 11.8 Å². The van der Waals surface area contributed by atoms with Crippen molar-refractivity contribution in [1.29, 1.82) is 0 Å². The molecule has 4 fully saturated rings. The lowest BCUT2D eigenvalue weighted by Gasteiger charge is -2.32. The highest BCUT2D eigenvalue weighted by Crippen LogP contribution is 2.45. The summed E-state index contributed by atoms with van der Waals surface area (Å²) in [4.78, 5) is 140. The van der Waals surface area contributed by atoms with E-state index in [4.69, 9.17) is 10.8 Å². The molecule has 1 saturated carbocycles. The number of hydrogen-bond donors (Lipinski definition) is 7. The van der Waals surface area contributed by atoms with Crippen LogP contribution < -0.4 is 37.5 Å². The third kappa shape index (κ3) is 13.0. The van der Waals surface area contributed by atoms with Gasteiger partial charge in [0, 0.05) is 129 Å². The van der Waals surface area contributed by atoms with Gasteiger partial charge in [0.25, 0.3) is 23.3 Å². The van der Waals surface area contributed by atoms with Crippen molar-refractivity contribution in [2.45, 2.75) is 100 Å². The maximum atomic E-state index is 14.4. The van der Waals surface area contributed by atoms with Crippen LogP contribution in [0.4, 0.5) is 5.69 Å². The van der Waals surface area contributed by atoms with Crippen molar-refractivity contribution in [3.8, 4) is 11.1 Å². The summed E-state index contributed by atoms with van der Waals surface area (Å²) in [5.41, 5.74) is 11.0. The first-order chi connectivity index (χ1) is 39.6. The van der Waals surface area contributed by atoms with Crippen molar-refractivity contribution in [2.24, 2.45) is 24.6 Å². The number of nitrogens with one attached hydrogen (secondary N) is 5. The van der Waals surface area contributed by atoms with Gasteiger partial charge in [-0.1, -0.05) is 12.1 Å². The van der Waals surface area contributed by atoms with E-state index in [2.05, 4.69) is 42.1 Å². The maximum Gasteiger partial charge on any atom is 0.321 e. The zero-order chi connectivity index (χ0) is 59.0. The predicted molar refractivity (Wildman–Crippen MR) is 307 cm³/mol. The second kappa shape index (κ2) is 24.4. The Kier molecular flexibility index (Phi) is 17.3. The summed E-state index contributed by atoms with van der Waals surface area (Å²) in [5, 5.41) is 19.7. The molecule has 8 N–H and O–H groups in total. The molecule has 2 unspecified atom stereocenters. The van der Waals surface area contributed by atoms with Gasteiger partial charge in [-0.3, -0.25) is 58.2 Å². The Hall–Kier alpha value is -7.42. The van der Waals surface area contributed by atoms with Crippen LogP contribution in [-0.2, 0) is 70.9 Å². The molecule has 83 heavy (non-hydrogen) atoms. The van der Waals surface area contributed by atoms with Gasteiger partial charge in [0.05, 0.1) is 11.0 Å². The fourth-order valence-electron chi connectivity index (χ4n) is 12.1. The van der Waals surface area contributed by atoms with Crippen LogP contribution in [-0.4, -0.2) is 173 Å². The largest absolute Gasteiger partial charge is 0.480 e. The molecule has 24 nitrogen and oxygen atoms in total. The Labute approximate surface area is 482 Å². The molecule has 26 heteroatoms. The molecule has 3 saturated heterocycles. The lowest BCUT2D eigenvalue weighted by Crippen LogP contribution is -2.52. The number of H-pyrrole nitrogens is 1. The fourth-order valence-corrected chi connectivity index (χ4v) is 14.0. The molecule has 1 aliphatic carbocycles.